The minimum Gasteiger partial charge on any atom is -0.398 e. The number of sulfonamides is 4. The molecular formula is C11H2F22N2O10S4. The number of nitrogens with one attached hydrogen (secondary N) is 2. The van der Waals surface area contributed by atoms with Crippen LogP contribution in [0.4, 0.5) is 96.6 Å². The quantitative estimate of drug-likeness (QED) is 0.181. The third-order valence-corrected chi connectivity index (χ3v) is 11.1. The fraction of sp³-hybridized carbons (Fsp3) is 0.818. The van der Waals surface area contributed by atoms with Gasteiger partial charge in [0.25, 0.3) is 30.1 Å². The molecule has 0 aliphatic heterocycles. The molecule has 49 heavy (non-hydrogen) atoms. The maximum atomic E-state index is 14.0. The molecule has 12 nitrogen and oxygen atoms in total. The minimum atomic E-state index is -9.12. The summed E-state index contributed by atoms with van der Waals surface area (Å²) in [5.41, 5.74) is -7.11. The lowest BCUT2D eigenvalue weighted by Gasteiger charge is -2.37. The van der Waals surface area contributed by atoms with E-state index in [1.807, 2.05) is 0 Å². The van der Waals surface area contributed by atoms with Crippen LogP contribution in [0.2, 0.25) is 0 Å². The first kappa shape index (κ1) is 46.7. The summed E-state index contributed by atoms with van der Waals surface area (Å²) in [4.78, 5) is 0. The number of alkyl halides is 19. The van der Waals surface area contributed by atoms with E-state index in [4.69, 9.17) is 0 Å². The predicted molar refractivity (Wildman–Crippen MR) is 100 cm³/mol. The molecule has 0 aliphatic carbocycles. The van der Waals surface area contributed by atoms with Crippen LogP contribution in [0.3, 0.4) is 0 Å². The zero-order valence-electron chi connectivity index (χ0n) is 20.5. The number of hydrogen-bond donors (Lipinski definition) is 2. The first-order valence-electron chi connectivity index (χ1n) is 9.44. The number of hydrogen-bond acceptors (Lipinski definition) is 10. The average Bonchev–Trinajstić information content (AvgIpc) is 2.79. The predicted octanol–water partition coefficient (Wildman–Crippen LogP) is 3.90. The van der Waals surface area contributed by atoms with Crippen molar-refractivity contribution in [2.45, 2.75) is 51.4 Å². The van der Waals surface area contributed by atoms with Crippen molar-refractivity contribution in [1.29, 1.82) is 0 Å². The molecule has 0 spiro atoms. The summed E-state index contributed by atoms with van der Waals surface area (Å²) in [6, 6.07) is -4.34. The Labute approximate surface area is 252 Å². The van der Waals surface area contributed by atoms with Crippen molar-refractivity contribution in [2.24, 2.45) is 0 Å². The maximum Gasteiger partial charge on any atom is 0.512 e. The maximum absolute atomic E-state index is 14.0. The van der Waals surface area contributed by atoms with E-state index < -0.39 is 112 Å². The second kappa shape index (κ2) is 12.4. The highest BCUT2D eigenvalue weighted by Crippen LogP contribution is 2.55. The number of ether oxygens (including phenoxy) is 2. The van der Waals surface area contributed by atoms with E-state index in [9.17, 15) is 130 Å². The summed E-state index contributed by atoms with van der Waals surface area (Å²) in [5, 5.41) is -25.3. The Morgan fingerprint density at radius 3 is 1.04 bits per heavy atom. The van der Waals surface area contributed by atoms with Gasteiger partial charge in [0.15, 0.2) is 0 Å². The Balaban J connectivity index is 7.13. The molecule has 38 heteroatoms. The van der Waals surface area contributed by atoms with Crippen molar-refractivity contribution in [1.82, 2.24) is 8.25 Å². The molecule has 2 N–H and O–H groups in total. The molecule has 0 aromatic rings. The molecule has 1 atom stereocenters. The first-order chi connectivity index (χ1) is 20.7. The summed E-state index contributed by atoms with van der Waals surface area (Å²) in [6.07, 6.45) is -28.7. The molecule has 0 heterocycles. The molecule has 1 unspecified atom stereocenters. The van der Waals surface area contributed by atoms with Gasteiger partial charge >= 0.3 is 73.6 Å². The molecule has 0 aromatic heterocycles. The molecule has 0 radical (unpaired) electrons. The smallest absolute Gasteiger partial charge is 0.398 e. The first-order valence-corrected chi connectivity index (χ1v) is 15.4. The SMILES string of the molecule is O=S(=O)(NS(=O)(=O)C(F)(F)C(F)(F)C(F)(F)S(=O)(=O)NS(=O)(=O)C(F)(F)C(F)(F)OC(F)(C(F)(F)F)C(F)(F)OC(F)=C(F)F)C(F)(F)F. The highest BCUT2D eigenvalue weighted by molar-refractivity contribution is 8.06. The molecule has 294 valence electrons. The lowest BCUT2D eigenvalue weighted by Crippen LogP contribution is -2.67. The van der Waals surface area contributed by atoms with Gasteiger partial charge < -0.3 is 4.74 Å². The van der Waals surface area contributed by atoms with Crippen molar-refractivity contribution in [2.75, 3.05) is 0 Å². The van der Waals surface area contributed by atoms with E-state index >= 15 is 0 Å². The summed E-state index contributed by atoms with van der Waals surface area (Å²) < 4.78 is 379. The third kappa shape index (κ3) is 7.80. The van der Waals surface area contributed by atoms with Crippen molar-refractivity contribution in [3.63, 3.8) is 0 Å². The van der Waals surface area contributed by atoms with Crippen LogP contribution in [0.25, 0.3) is 0 Å². The van der Waals surface area contributed by atoms with Crippen LogP contribution in [0.1, 0.15) is 0 Å². The van der Waals surface area contributed by atoms with Gasteiger partial charge in [-0.2, -0.15) is 96.6 Å². The van der Waals surface area contributed by atoms with Crippen molar-refractivity contribution in [3.8, 4) is 0 Å². The van der Waals surface area contributed by atoms with E-state index in [0.717, 1.165) is 0 Å². The van der Waals surface area contributed by atoms with Crippen LogP contribution in [-0.2, 0) is 49.6 Å². The molecule has 0 saturated carbocycles. The molecular weight excluding hydrogens is 866 g/mol. The van der Waals surface area contributed by atoms with Crippen molar-refractivity contribution in [3.05, 3.63) is 12.1 Å². The van der Waals surface area contributed by atoms with Gasteiger partial charge in [-0.25, -0.2) is 33.7 Å². The van der Waals surface area contributed by atoms with Gasteiger partial charge in [-0.15, -0.1) is 0 Å². The third-order valence-electron chi connectivity index (χ3n) is 4.20. The van der Waals surface area contributed by atoms with Gasteiger partial charge in [0.2, 0.25) is 0 Å². The highest BCUT2D eigenvalue weighted by Gasteiger charge is 2.85. The molecule has 0 aromatic carbocycles. The van der Waals surface area contributed by atoms with E-state index in [0.29, 0.717) is 0 Å². The van der Waals surface area contributed by atoms with E-state index in [2.05, 4.69) is 0 Å². The fourth-order valence-electron chi connectivity index (χ4n) is 1.89. The van der Waals surface area contributed by atoms with E-state index in [1.165, 1.54) is 4.74 Å². The van der Waals surface area contributed by atoms with Gasteiger partial charge in [-0.3, -0.25) is 4.74 Å². The topological polar surface area (TPSA) is 179 Å². The van der Waals surface area contributed by atoms with Gasteiger partial charge in [0, 0.05) is 0 Å². The summed E-state index contributed by atoms with van der Waals surface area (Å²) in [7, 11) is -34.7. The molecule has 0 rings (SSSR count). The van der Waals surface area contributed by atoms with Crippen LogP contribution in [0.5, 0.6) is 0 Å². The largest absolute Gasteiger partial charge is 0.512 e. The van der Waals surface area contributed by atoms with Crippen LogP contribution >= 0.6 is 0 Å². The van der Waals surface area contributed by atoms with Crippen molar-refractivity contribution >= 4 is 40.1 Å². The van der Waals surface area contributed by atoms with Crippen LogP contribution in [0, 0.1) is 0 Å². The lowest BCUT2D eigenvalue weighted by atomic mass is 10.2. The fourth-order valence-corrected chi connectivity index (χ4v) is 7.19. The van der Waals surface area contributed by atoms with Gasteiger partial charge in [0.05, 0.1) is 0 Å². The highest BCUT2D eigenvalue weighted by atomic mass is 32.3. The van der Waals surface area contributed by atoms with Crippen LogP contribution in [-0.4, -0.2) is 85.1 Å². The van der Waals surface area contributed by atoms with Crippen LogP contribution < -0.4 is 8.25 Å². The van der Waals surface area contributed by atoms with Crippen LogP contribution in [0.15, 0.2) is 12.1 Å². The Morgan fingerprint density at radius 2 is 0.755 bits per heavy atom. The second-order valence-electron chi connectivity index (χ2n) is 7.62. The number of halogens is 22. The van der Waals surface area contributed by atoms with E-state index in [-0.39, 0.29) is 0 Å². The lowest BCUT2D eigenvalue weighted by molar-refractivity contribution is -0.510. The zero-order valence-corrected chi connectivity index (χ0v) is 23.8. The Morgan fingerprint density at radius 1 is 0.449 bits per heavy atom. The Bertz CT molecular complexity index is 1750. The van der Waals surface area contributed by atoms with E-state index in [1.54, 1.807) is 4.74 Å². The zero-order chi connectivity index (χ0) is 40.5. The van der Waals surface area contributed by atoms with Crippen molar-refractivity contribution < 1.29 is 140 Å². The normalized spacial score (nSPS) is 17.0. The minimum absolute atomic E-state index is 1.24. The Kier molecular flexibility index (Phi) is 11.8. The number of rotatable bonds is 15. The van der Waals surface area contributed by atoms with Gasteiger partial charge in [-0.05, 0) is 0 Å². The molecule has 0 aliphatic rings. The molecule has 0 saturated heterocycles. The average molecular weight is 868 g/mol. The summed E-state index contributed by atoms with van der Waals surface area (Å²) in [5.74, 6) is -16.9. The second-order valence-corrected chi connectivity index (χ2v) is 15.0. The Hall–Kier alpha value is -2.32. The molecule has 0 bridgehead atoms. The summed E-state index contributed by atoms with van der Waals surface area (Å²) in [6.45, 7) is 0. The standard InChI is InChI=1S/C11H2F22N2O10S4/c12-1(13)2(14)44-6(21,22)4(17,5(18,19)20)45-7(23,24)10(29,30)48(40,41)34-46(36,37)8(25,26)3(15,16)9(27,28)47(38,39)35-49(42,43)11(31,32)33/h34-35H. The molecule has 0 amide bonds. The van der Waals surface area contributed by atoms with Gasteiger partial charge in [0.1, 0.15) is 0 Å². The monoisotopic (exact) mass is 868 g/mol. The molecule has 0 fully saturated rings. The van der Waals surface area contributed by atoms with Gasteiger partial charge in [-0.1, -0.05) is 8.25 Å². The summed E-state index contributed by atoms with van der Waals surface area (Å²) >= 11 is 0.